The number of carbonyl (C=O) groups is 2. The van der Waals surface area contributed by atoms with Crippen LogP contribution in [0.15, 0.2) is 42.5 Å². The van der Waals surface area contributed by atoms with E-state index >= 15 is 0 Å². The van der Waals surface area contributed by atoms with Gasteiger partial charge in [0.25, 0.3) is 0 Å². The number of fused-ring (bicyclic) bond motifs is 2. The summed E-state index contributed by atoms with van der Waals surface area (Å²) in [4.78, 5) is 31.5. The summed E-state index contributed by atoms with van der Waals surface area (Å²) in [5.41, 5.74) is 2.09. The van der Waals surface area contributed by atoms with E-state index in [1.54, 1.807) is 43.5 Å². The van der Waals surface area contributed by atoms with Gasteiger partial charge >= 0.3 is 0 Å². The molecule has 2 aromatic carbocycles. The Hall–Kier alpha value is -3.00. The van der Waals surface area contributed by atoms with Gasteiger partial charge in [-0.25, -0.2) is 4.98 Å². The van der Waals surface area contributed by atoms with Gasteiger partial charge in [0.1, 0.15) is 36.1 Å². The van der Waals surface area contributed by atoms with Crippen molar-refractivity contribution >= 4 is 23.2 Å². The second-order valence-corrected chi connectivity index (χ2v) is 9.15. The minimum atomic E-state index is -0.230. The molecule has 3 aromatic rings. The number of ether oxygens (including phenoxy) is 2. The molecule has 0 unspecified atom stereocenters. The summed E-state index contributed by atoms with van der Waals surface area (Å²) in [5.74, 6) is 0.697. The van der Waals surface area contributed by atoms with Crippen molar-refractivity contribution in [1.29, 1.82) is 0 Å². The molecule has 0 N–H and O–H groups in total. The van der Waals surface area contributed by atoms with Gasteiger partial charge in [-0.05, 0) is 18.2 Å². The van der Waals surface area contributed by atoms with E-state index in [2.05, 4.69) is 7.05 Å². The van der Waals surface area contributed by atoms with Gasteiger partial charge in [0.15, 0.2) is 0 Å². The molecule has 5 rings (SSSR count). The number of quaternary nitrogens is 1. The molecular weight excluding hydrogens is 442 g/mol. The Morgan fingerprint density at radius 1 is 1.09 bits per heavy atom. The van der Waals surface area contributed by atoms with Crippen LogP contribution in [0.5, 0.6) is 5.75 Å². The van der Waals surface area contributed by atoms with E-state index in [0.717, 1.165) is 29.7 Å². The van der Waals surface area contributed by atoms with Crippen LogP contribution in [0.4, 0.5) is 0 Å². The number of hydrogen-bond donors (Lipinski definition) is 0. The summed E-state index contributed by atoms with van der Waals surface area (Å²) in [6, 6.07) is 12.3. The minimum Gasteiger partial charge on any atom is -0.495 e. The smallest absolute Gasteiger partial charge is 0.214 e. The number of ketones is 2. The molecule has 1 aliphatic carbocycles. The number of nitrogens with zero attached hydrogens (tertiary/aromatic N) is 3. The minimum absolute atomic E-state index is 0.178. The first-order valence-corrected chi connectivity index (χ1v) is 11.3. The zero-order chi connectivity index (χ0) is 23.2. The maximum Gasteiger partial charge on any atom is 0.214 e. The number of methoxy groups -OCH3 is 1. The quantitative estimate of drug-likeness (QED) is 0.421. The highest BCUT2D eigenvalue weighted by molar-refractivity contribution is 6.32. The van der Waals surface area contributed by atoms with Gasteiger partial charge in [-0.3, -0.25) is 9.59 Å². The molecule has 0 spiro atoms. The molecule has 0 amide bonds. The summed E-state index contributed by atoms with van der Waals surface area (Å²) >= 11 is 6.40. The van der Waals surface area contributed by atoms with Crippen LogP contribution in [0.25, 0.3) is 11.4 Å². The van der Waals surface area contributed by atoms with Crippen molar-refractivity contribution < 1.29 is 23.5 Å². The van der Waals surface area contributed by atoms with Crippen molar-refractivity contribution in [2.45, 2.75) is 6.54 Å². The number of likely N-dealkylation sites (N-methyl/N-ethyl adjacent to an activating group) is 1. The van der Waals surface area contributed by atoms with Gasteiger partial charge in [-0.15, -0.1) is 0 Å². The maximum absolute atomic E-state index is 13.5. The van der Waals surface area contributed by atoms with Crippen molar-refractivity contribution in [2.24, 2.45) is 0 Å². The first-order chi connectivity index (χ1) is 15.9. The van der Waals surface area contributed by atoms with E-state index in [9.17, 15) is 9.59 Å². The molecule has 1 fully saturated rings. The number of carbonyl (C=O) groups excluding carboxylic acids is 2. The molecule has 2 heterocycles. The molecule has 8 heteroatoms. The molecule has 7 nitrogen and oxygen atoms in total. The molecule has 33 heavy (non-hydrogen) atoms. The van der Waals surface area contributed by atoms with E-state index < -0.39 is 0 Å². The van der Waals surface area contributed by atoms with E-state index in [1.165, 1.54) is 0 Å². The molecule has 0 radical (unpaired) electrons. The molecule has 170 valence electrons. The molecule has 1 aliphatic heterocycles. The topological polar surface area (TPSA) is 70.4 Å². The third-order valence-corrected chi connectivity index (χ3v) is 6.93. The lowest BCUT2D eigenvalue weighted by molar-refractivity contribution is -0.917. The average Bonchev–Trinajstić information content (AvgIpc) is 3.22. The van der Waals surface area contributed by atoms with Crippen LogP contribution in [0, 0.1) is 0 Å². The Kier molecular flexibility index (Phi) is 5.56. The Labute approximate surface area is 197 Å². The SMILES string of the molecule is COc1ccc(-c2nc3c(n2CC[N+]2(C)CCOCC2)C(=O)c2ccccc2C3=O)cc1Cl. The number of hydrogen-bond acceptors (Lipinski definition) is 5. The Balaban J connectivity index is 1.63. The fourth-order valence-electron chi connectivity index (χ4n) is 4.57. The molecule has 0 atom stereocenters. The van der Waals surface area contributed by atoms with Crippen molar-refractivity contribution in [1.82, 2.24) is 9.55 Å². The van der Waals surface area contributed by atoms with Gasteiger partial charge < -0.3 is 18.5 Å². The Morgan fingerprint density at radius 3 is 2.45 bits per heavy atom. The van der Waals surface area contributed by atoms with E-state index in [-0.39, 0.29) is 17.3 Å². The predicted molar refractivity (Wildman–Crippen MR) is 124 cm³/mol. The number of morpholine rings is 1. The zero-order valence-corrected chi connectivity index (χ0v) is 19.4. The van der Waals surface area contributed by atoms with Crippen LogP contribution in [0.2, 0.25) is 5.02 Å². The van der Waals surface area contributed by atoms with Crippen molar-refractivity contribution in [3.05, 3.63) is 70.0 Å². The first kappa shape index (κ1) is 21.8. The Bertz CT molecular complexity index is 1260. The molecule has 0 saturated carbocycles. The second kappa shape index (κ2) is 8.41. The highest BCUT2D eigenvalue weighted by atomic mass is 35.5. The summed E-state index contributed by atoms with van der Waals surface area (Å²) in [5, 5.41) is 0.440. The highest BCUT2D eigenvalue weighted by Crippen LogP contribution is 2.34. The number of halogens is 1. The van der Waals surface area contributed by atoms with E-state index in [4.69, 9.17) is 26.1 Å². The first-order valence-electron chi connectivity index (χ1n) is 11.0. The summed E-state index contributed by atoms with van der Waals surface area (Å²) in [6.45, 7) is 4.55. The number of benzene rings is 2. The molecule has 1 saturated heterocycles. The average molecular weight is 467 g/mol. The van der Waals surface area contributed by atoms with Crippen LogP contribution in [-0.2, 0) is 11.3 Å². The third-order valence-electron chi connectivity index (χ3n) is 6.64. The van der Waals surface area contributed by atoms with Crippen molar-refractivity contribution in [3.63, 3.8) is 0 Å². The summed E-state index contributed by atoms with van der Waals surface area (Å²) in [6.07, 6.45) is 0. The number of aromatic nitrogens is 2. The maximum atomic E-state index is 13.5. The highest BCUT2D eigenvalue weighted by Gasteiger charge is 2.37. The zero-order valence-electron chi connectivity index (χ0n) is 18.6. The lowest BCUT2D eigenvalue weighted by atomic mass is 9.90. The number of rotatable bonds is 5. The lowest BCUT2D eigenvalue weighted by Crippen LogP contribution is -2.53. The summed E-state index contributed by atoms with van der Waals surface area (Å²) in [7, 11) is 3.75. The van der Waals surface area contributed by atoms with Gasteiger partial charge in [0.2, 0.25) is 11.6 Å². The lowest BCUT2D eigenvalue weighted by Gasteiger charge is -2.37. The molecule has 0 bridgehead atoms. The summed E-state index contributed by atoms with van der Waals surface area (Å²) < 4.78 is 13.5. The third kappa shape index (κ3) is 3.76. The van der Waals surface area contributed by atoms with Gasteiger partial charge in [0, 0.05) is 16.7 Å². The fourth-order valence-corrected chi connectivity index (χ4v) is 4.83. The van der Waals surface area contributed by atoms with Crippen molar-refractivity contribution in [3.8, 4) is 17.1 Å². The van der Waals surface area contributed by atoms with Crippen LogP contribution in [-0.4, -0.2) is 72.6 Å². The number of imidazole rings is 1. The molecular formula is C25H25ClN3O4+. The largest absolute Gasteiger partial charge is 0.495 e. The standard InChI is InChI=1S/C25H25ClN3O4/c1-29(11-13-33-14-12-29)10-9-28-22-21(23(30)17-5-3-4-6-18(17)24(22)31)27-25(28)16-7-8-20(32-2)19(26)15-16/h3-8,15H,9-14H2,1-2H3/q+1. The van der Waals surface area contributed by atoms with Crippen LogP contribution in [0.1, 0.15) is 32.1 Å². The van der Waals surface area contributed by atoms with E-state index in [1.807, 2.05) is 10.6 Å². The van der Waals surface area contributed by atoms with Crippen LogP contribution < -0.4 is 4.74 Å². The fraction of sp³-hybridized carbons (Fsp3) is 0.320. The Morgan fingerprint density at radius 2 is 1.79 bits per heavy atom. The molecule has 1 aromatic heterocycles. The predicted octanol–water partition coefficient (Wildman–Crippen LogP) is 3.46. The van der Waals surface area contributed by atoms with Gasteiger partial charge in [-0.2, -0.15) is 0 Å². The van der Waals surface area contributed by atoms with Gasteiger partial charge in [-0.1, -0.05) is 35.9 Å². The van der Waals surface area contributed by atoms with Crippen LogP contribution in [0.3, 0.4) is 0 Å². The van der Waals surface area contributed by atoms with Crippen LogP contribution >= 0.6 is 11.6 Å². The van der Waals surface area contributed by atoms with Crippen molar-refractivity contribution in [2.75, 3.05) is 47.0 Å². The second-order valence-electron chi connectivity index (χ2n) is 8.74. The van der Waals surface area contributed by atoms with E-state index in [0.29, 0.717) is 53.2 Å². The normalized spacial score (nSPS) is 16.9. The molecule has 2 aliphatic rings. The van der Waals surface area contributed by atoms with Gasteiger partial charge in [0.05, 0.1) is 45.5 Å². The monoisotopic (exact) mass is 466 g/mol.